The number of pyridine rings is 1. The second-order valence-corrected chi connectivity index (χ2v) is 5.26. The Labute approximate surface area is 120 Å². The molecule has 18 heavy (non-hydrogen) atoms. The zero-order valence-electron chi connectivity index (χ0n) is 9.47. The number of carbonyl (C=O) groups excluding carboxylic acids is 1. The topological polar surface area (TPSA) is 54.0 Å². The van der Waals surface area contributed by atoms with Gasteiger partial charge in [0, 0.05) is 19.0 Å². The fraction of sp³-hybridized carbons (Fsp3) is 0.455. The molecule has 1 heterocycles. The van der Waals surface area contributed by atoms with E-state index in [-0.39, 0.29) is 17.0 Å². The Balaban J connectivity index is 1.79. The van der Waals surface area contributed by atoms with Crippen LogP contribution in [0.4, 0.5) is 5.82 Å². The van der Waals surface area contributed by atoms with Crippen molar-refractivity contribution >= 4 is 46.5 Å². The fourth-order valence-electron chi connectivity index (χ4n) is 1.42. The van der Waals surface area contributed by atoms with Crippen LogP contribution in [-0.4, -0.2) is 24.0 Å². The zero-order chi connectivity index (χ0) is 13.1. The molecule has 0 saturated heterocycles. The minimum absolute atomic E-state index is 0.116. The van der Waals surface area contributed by atoms with Crippen molar-refractivity contribution < 1.29 is 4.79 Å². The summed E-state index contributed by atoms with van der Waals surface area (Å²) < 4.78 is 0. The first-order valence-corrected chi connectivity index (χ1v) is 6.74. The summed E-state index contributed by atoms with van der Waals surface area (Å²) in [6.45, 7) is 1.05. The molecule has 0 unspecified atom stereocenters. The third-order valence-corrected chi connectivity index (χ3v) is 3.51. The molecule has 1 aromatic heterocycles. The average Bonchev–Trinajstić information content (AvgIpc) is 3.14. The van der Waals surface area contributed by atoms with Crippen molar-refractivity contribution in [2.75, 3.05) is 18.4 Å². The molecule has 1 saturated carbocycles. The van der Waals surface area contributed by atoms with E-state index in [1.165, 1.54) is 6.07 Å². The van der Waals surface area contributed by atoms with Crippen molar-refractivity contribution in [2.45, 2.75) is 12.8 Å². The average molecular weight is 309 g/mol. The SMILES string of the molecule is O=C(NCCNc1nc(Cl)c(Cl)cc1Cl)C1CC1. The van der Waals surface area contributed by atoms with Gasteiger partial charge in [0.15, 0.2) is 0 Å². The van der Waals surface area contributed by atoms with Crippen LogP contribution in [0.2, 0.25) is 15.2 Å². The molecule has 0 aromatic carbocycles. The van der Waals surface area contributed by atoms with Crippen molar-refractivity contribution in [1.29, 1.82) is 0 Å². The molecule has 98 valence electrons. The standard InChI is InChI=1S/C11H12Cl3N3O/c12-7-5-8(13)10(17-9(7)14)15-3-4-16-11(18)6-1-2-6/h5-6H,1-4H2,(H,15,17)(H,16,18). The smallest absolute Gasteiger partial charge is 0.223 e. The number of aromatic nitrogens is 1. The molecule has 7 heteroatoms. The molecular formula is C11H12Cl3N3O. The molecule has 2 N–H and O–H groups in total. The molecule has 4 nitrogen and oxygen atoms in total. The number of rotatable bonds is 5. The predicted octanol–water partition coefficient (Wildman–Crippen LogP) is 2.98. The summed E-state index contributed by atoms with van der Waals surface area (Å²) in [7, 11) is 0. The van der Waals surface area contributed by atoms with Crippen LogP contribution in [0, 0.1) is 5.92 Å². The Bertz CT molecular complexity index is 463. The first kappa shape index (κ1) is 13.7. The lowest BCUT2D eigenvalue weighted by molar-refractivity contribution is -0.122. The molecule has 0 radical (unpaired) electrons. The highest BCUT2D eigenvalue weighted by atomic mass is 35.5. The van der Waals surface area contributed by atoms with Gasteiger partial charge in [-0.3, -0.25) is 4.79 Å². The first-order chi connectivity index (χ1) is 8.58. The molecule has 1 aromatic rings. The molecule has 1 amide bonds. The number of halogens is 3. The summed E-state index contributed by atoms with van der Waals surface area (Å²) in [4.78, 5) is 15.4. The van der Waals surface area contributed by atoms with Crippen molar-refractivity contribution in [3.63, 3.8) is 0 Å². The van der Waals surface area contributed by atoms with Crippen molar-refractivity contribution in [1.82, 2.24) is 10.3 Å². The maximum atomic E-state index is 11.4. The molecule has 1 aliphatic rings. The van der Waals surface area contributed by atoms with Gasteiger partial charge in [-0.25, -0.2) is 4.98 Å². The third kappa shape index (κ3) is 3.64. The predicted molar refractivity (Wildman–Crippen MR) is 73.5 cm³/mol. The van der Waals surface area contributed by atoms with Gasteiger partial charge in [-0.05, 0) is 18.9 Å². The van der Waals surface area contributed by atoms with Gasteiger partial charge in [-0.2, -0.15) is 0 Å². The van der Waals surface area contributed by atoms with Gasteiger partial charge in [0.25, 0.3) is 0 Å². The van der Waals surface area contributed by atoms with E-state index in [9.17, 15) is 4.79 Å². The molecular weight excluding hydrogens is 297 g/mol. The van der Waals surface area contributed by atoms with Gasteiger partial charge < -0.3 is 10.6 Å². The van der Waals surface area contributed by atoms with Crippen LogP contribution >= 0.6 is 34.8 Å². The lowest BCUT2D eigenvalue weighted by Crippen LogP contribution is -2.30. The Hall–Kier alpha value is -0.710. The summed E-state index contributed by atoms with van der Waals surface area (Å²) >= 11 is 17.5. The van der Waals surface area contributed by atoms with Crippen molar-refractivity contribution in [2.24, 2.45) is 5.92 Å². The molecule has 2 rings (SSSR count). The molecule has 0 bridgehead atoms. The summed E-state index contributed by atoms with van der Waals surface area (Å²) in [5.41, 5.74) is 0. The highest BCUT2D eigenvalue weighted by molar-refractivity contribution is 6.42. The van der Waals surface area contributed by atoms with Crippen LogP contribution in [0.1, 0.15) is 12.8 Å². The van der Waals surface area contributed by atoms with Crippen LogP contribution in [0.5, 0.6) is 0 Å². The van der Waals surface area contributed by atoms with E-state index in [0.717, 1.165) is 12.8 Å². The quantitative estimate of drug-likeness (QED) is 0.649. The summed E-state index contributed by atoms with van der Waals surface area (Å²) in [5, 5.41) is 6.74. The van der Waals surface area contributed by atoms with Gasteiger partial charge in [0.05, 0.1) is 10.0 Å². The number of hydrogen-bond donors (Lipinski definition) is 2. The Kier molecular flexibility index (Phi) is 4.54. The number of hydrogen-bond acceptors (Lipinski definition) is 3. The molecule has 0 aliphatic heterocycles. The van der Waals surface area contributed by atoms with E-state index >= 15 is 0 Å². The zero-order valence-corrected chi connectivity index (χ0v) is 11.7. The second kappa shape index (κ2) is 5.95. The van der Waals surface area contributed by atoms with Gasteiger partial charge in [0.1, 0.15) is 11.0 Å². The minimum atomic E-state index is 0.116. The first-order valence-electron chi connectivity index (χ1n) is 5.61. The summed E-state index contributed by atoms with van der Waals surface area (Å²) in [5.74, 6) is 0.799. The van der Waals surface area contributed by atoms with Crippen LogP contribution in [0.25, 0.3) is 0 Å². The lowest BCUT2D eigenvalue weighted by Gasteiger charge is -2.09. The number of anilines is 1. The Morgan fingerprint density at radius 3 is 2.67 bits per heavy atom. The molecule has 0 spiro atoms. The molecule has 1 aliphatic carbocycles. The van der Waals surface area contributed by atoms with Gasteiger partial charge in [-0.1, -0.05) is 34.8 Å². The van der Waals surface area contributed by atoms with Crippen LogP contribution in [0.15, 0.2) is 6.07 Å². The Morgan fingerprint density at radius 1 is 1.28 bits per heavy atom. The molecule has 0 atom stereocenters. The van der Waals surface area contributed by atoms with Gasteiger partial charge in [-0.15, -0.1) is 0 Å². The summed E-state index contributed by atoms with van der Waals surface area (Å²) in [6, 6.07) is 1.53. The van der Waals surface area contributed by atoms with Crippen LogP contribution < -0.4 is 10.6 Å². The van der Waals surface area contributed by atoms with E-state index in [4.69, 9.17) is 34.8 Å². The monoisotopic (exact) mass is 307 g/mol. The number of amides is 1. The van der Waals surface area contributed by atoms with Crippen molar-refractivity contribution in [3.8, 4) is 0 Å². The van der Waals surface area contributed by atoms with E-state index < -0.39 is 0 Å². The Morgan fingerprint density at radius 2 is 2.00 bits per heavy atom. The highest BCUT2D eigenvalue weighted by Crippen LogP contribution is 2.29. The number of carbonyl (C=O) groups is 1. The maximum Gasteiger partial charge on any atom is 0.223 e. The van der Waals surface area contributed by atoms with E-state index in [1.54, 1.807) is 0 Å². The third-order valence-electron chi connectivity index (χ3n) is 2.55. The normalized spacial score (nSPS) is 14.4. The highest BCUT2D eigenvalue weighted by Gasteiger charge is 2.28. The number of nitrogens with zero attached hydrogens (tertiary/aromatic N) is 1. The van der Waals surface area contributed by atoms with E-state index in [2.05, 4.69) is 15.6 Å². The van der Waals surface area contributed by atoms with Gasteiger partial charge >= 0.3 is 0 Å². The van der Waals surface area contributed by atoms with Gasteiger partial charge in [0.2, 0.25) is 5.91 Å². The fourth-order valence-corrected chi connectivity index (χ4v) is 1.99. The minimum Gasteiger partial charge on any atom is -0.367 e. The van der Waals surface area contributed by atoms with Crippen molar-refractivity contribution in [3.05, 3.63) is 21.3 Å². The van der Waals surface area contributed by atoms with Crippen LogP contribution in [-0.2, 0) is 4.79 Å². The van der Waals surface area contributed by atoms with E-state index in [1.807, 2.05) is 0 Å². The lowest BCUT2D eigenvalue weighted by atomic mass is 10.4. The maximum absolute atomic E-state index is 11.4. The number of nitrogens with one attached hydrogen (secondary N) is 2. The van der Waals surface area contributed by atoms with E-state index in [0.29, 0.717) is 29.0 Å². The van der Waals surface area contributed by atoms with Crippen LogP contribution in [0.3, 0.4) is 0 Å². The second-order valence-electron chi connectivity index (χ2n) is 4.08. The summed E-state index contributed by atoms with van der Waals surface area (Å²) in [6.07, 6.45) is 2.00. The molecule has 1 fully saturated rings. The largest absolute Gasteiger partial charge is 0.367 e.